The second-order valence-electron chi connectivity index (χ2n) is 5.55. The first-order valence-electron chi connectivity index (χ1n) is 7.65. The number of ether oxygens (including phenoxy) is 1. The number of hydrogen-bond donors (Lipinski definition) is 1. The van der Waals surface area contributed by atoms with Gasteiger partial charge in [-0.3, -0.25) is 4.40 Å². The SMILES string of the molecule is CS(=O)NCC(F)c1nnc2ccc(-c3ccc(OC(F)(F)F)cc3)cn12. The van der Waals surface area contributed by atoms with E-state index in [2.05, 4.69) is 19.7 Å². The smallest absolute Gasteiger partial charge is 0.406 e. The zero-order chi connectivity index (χ0) is 19.6. The Morgan fingerprint density at radius 3 is 2.44 bits per heavy atom. The average molecular weight is 402 g/mol. The molecule has 27 heavy (non-hydrogen) atoms. The van der Waals surface area contributed by atoms with Gasteiger partial charge in [-0.05, 0) is 35.4 Å². The summed E-state index contributed by atoms with van der Waals surface area (Å²) in [6.45, 7) is -0.197. The predicted molar refractivity (Wildman–Crippen MR) is 91.0 cm³/mol. The number of alkyl halides is 4. The van der Waals surface area contributed by atoms with Gasteiger partial charge in [0.2, 0.25) is 0 Å². The Kier molecular flexibility index (Phi) is 5.42. The number of pyridine rings is 1. The van der Waals surface area contributed by atoms with Crippen LogP contribution in [-0.2, 0) is 11.0 Å². The molecule has 0 aliphatic heterocycles. The van der Waals surface area contributed by atoms with Crippen LogP contribution in [0.2, 0.25) is 0 Å². The van der Waals surface area contributed by atoms with Crippen molar-refractivity contribution >= 4 is 16.6 Å². The Balaban J connectivity index is 1.87. The maximum Gasteiger partial charge on any atom is 0.573 e. The van der Waals surface area contributed by atoms with Crippen LogP contribution in [0.3, 0.4) is 0 Å². The van der Waals surface area contributed by atoms with E-state index in [0.717, 1.165) is 0 Å². The molecule has 2 atom stereocenters. The van der Waals surface area contributed by atoms with E-state index in [-0.39, 0.29) is 18.1 Å². The summed E-state index contributed by atoms with van der Waals surface area (Å²) < 4.78 is 69.9. The number of aromatic nitrogens is 3. The van der Waals surface area contributed by atoms with Gasteiger partial charge in [0.25, 0.3) is 0 Å². The predicted octanol–water partition coefficient (Wildman–Crippen LogP) is 3.19. The van der Waals surface area contributed by atoms with E-state index in [1.54, 1.807) is 18.3 Å². The minimum absolute atomic E-state index is 0.0295. The van der Waals surface area contributed by atoms with Crippen molar-refractivity contribution in [2.24, 2.45) is 0 Å². The lowest BCUT2D eigenvalue weighted by atomic mass is 10.1. The number of halogens is 4. The first kappa shape index (κ1) is 19.2. The Labute approximate surface area is 153 Å². The van der Waals surface area contributed by atoms with E-state index in [9.17, 15) is 21.8 Å². The molecule has 1 N–H and O–H groups in total. The zero-order valence-corrected chi connectivity index (χ0v) is 14.7. The van der Waals surface area contributed by atoms with Crippen molar-refractivity contribution in [3.05, 3.63) is 48.4 Å². The molecule has 0 saturated carbocycles. The van der Waals surface area contributed by atoms with Crippen LogP contribution in [0.1, 0.15) is 12.0 Å². The van der Waals surface area contributed by atoms with Gasteiger partial charge in [0.1, 0.15) is 5.75 Å². The summed E-state index contributed by atoms with van der Waals surface area (Å²) >= 11 is 0. The lowest BCUT2D eigenvalue weighted by Gasteiger charge is -2.10. The van der Waals surface area contributed by atoms with Crippen LogP contribution in [0.25, 0.3) is 16.8 Å². The quantitative estimate of drug-likeness (QED) is 0.643. The minimum Gasteiger partial charge on any atom is -0.406 e. The highest BCUT2D eigenvalue weighted by Gasteiger charge is 2.31. The van der Waals surface area contributed by atoms with Crippen LogP contribution < -0.4 is 9.46 Å². The van der Waals surface area contributed by atoms with Crippen molar-refractivity contribution < 1.29 is 26.5 Å². The van der Waals surface area contributed by atoms with E-state index in [1.807, 2.05) is 0 Å². The molecule has 2 heterocycles. The van der Waals surface area contributed by atoms with Gasteiger partial charge in [-0.15, -0.1) is 23.4 Å². The third-order valence-corrected chi connectivity index (χ3v) is 4.17. The molecule has 11 heteroatoms. The van der Waals surface area contributed by atoms with Gasteiger partial charge in [-0.2, -0.15) is 0 Å². The Morgan fingerprint density at radius 2 is 1.81 bits per heavy atom. The Hall–Kier alpha value is -2.53. The number of fused-ring (bicyclic) bond motifs is 1. The summed E-state index contributed by atoms with van der Waals surface area (Å²) in [5.41, 5.74) is 1.64. The van der Waals surface area contributed by atoms with Gasteiger partial charge in [-0.25, -0.2) is 13.3 Å². The lowest BCUT2D eigenvalue weighted by Crippen LogP contribution is -2.22. The highest BCUT2D eigenvalue weighted by atomic mass is 32.2. The molecule has 0 aliphatic rings. The fourth-order valence-corrected chi connectivity index (χ4v) is 2.80. The van der Waals surface area contributed by atoms with Gasteiger partial charge in [-0.1, -0.05) is 12.1 Å². The molecule has 3 rings (SSSR count). The van der Waals surface area contributed by atoms with Crippen molar-refractivity contribution in [3.63, 3.8) is 0 Å². The summed E-state index contributed by atoms with van der Waals surface area (Å²) in [7, 11) is -1.36. The van der Waals surface area contributed by atoms with Crippen molar-refractivity contribution in [2.75, 3.05) is 12.8 Å². The summed E-state index contributed by atoms with van der Waals surface area (Å²) in [6.07, 6.45) is -3.33. The highest BCUT2D eigenvalue weighted by molar-refractivity contribution is 7.82. The standard InChI is InChI=1S/C16H14F4N4O2S/c1-27(25)21-8-13(17)15-23-22-14-7-4-11(9-24(14)15)10-2-5-12(6-3-10)26-16(18,19)20/h2-7,9,13,21H,8H2,1H3. The number of rotatable bonds is 6. The minimum atomic E-state index is -4.76. The molecule has 1 aromatic carbocycles. The van der Waals surface area contributed by atoms with Crippen molar-refractivity contribution in [1.29, 1.82) is 0 Å². The average Bonchev–Trinajstić information content (AvgIpc) is 3.02. The molecule has 2 aromatic heterocycles. The van der Waals surface area contributed by atoms with Crippen molar-refractivity contribution in [2.45, 2.75) is 12.5 Å². The number of hydrogen-bond acceptors (Lipinski definition) is 4. The van der Waals surface area contributed by atoms with E-state index >= 15 is 0 Å². The molecule has 0 fully saturated rings. The number of benzene rings is 1. The zero-order valence-electron chi connectivity index (χ0n) is 13.9. The molecule has 3 aromatic rings. The molecule has 0 aliphatic carbocycles. The van der Waals surface area contributed by atoms with Crippen LogP contribution in [0.4, 0.5) is 17.6 Å². The summed E-state index contributed by atoms with van der Waals surface area (Å²) in [5, 5.41) is 7.70. The molecule has 0 saturated heterocycles. The molecular weight excluding hydrogens is 388 g/mol. The maximum atomic E-state index is 14.4. The topological polar surface area (TPSA) is 68.5 Å². The fraction of sp³-hybridized carbons (Fsp3) is 0.250. The number of nitrogens with one attached hydrogen (secondary N) is 1. The van der Waals surface area contributed by atoms with Crippen LogP contribution in [0, 0.1) is 0 Å². The summed E-state index contributed by atoms with van der Waals surface area (Å²) in [6, 6.07) is 8.61. The van der Waals surface area contributed by atoms with Crippen molar-refractivity contribution in [3.8, 4) is 16.9 Å². The van der Waals surface area contributed by atoms with Gasteiger partial charge >= 0.3 is 6.36 Å². The molecule has 0 radical (unpaired) electrons. The Morgan fingerprint density at radius 1 is 1.15 bits per heavy atom. The van der Waals surface area contributed by atoms with Crippen molar-refractivity contribution in [1.82, 2.24) is 19.3 Å². The second kappa shape index (κ2) is 7.61. The van der Waals surface area contributed by atoms with E-state index < -0.39 is 23.5 Å². The van der Waals surface area contributed by atoms with E-state index in [0.29, 0.717) is 16.8 Å². The van der Waals surface area contributed by atoms with Gasteiger partial charge in [0.05, 0.1) is 11.0 Å². The molecule has 2 unspecified atom stereocenters. The van der Waals surface area contributed by atoms with Crippen LogP contribution >= 0.6 is 0 Å². The second-order valence-corrected chi connectivity index (χ2v) is 6.74. The largest absolute Gasteiger partial charge is 0.573 e. The first-order valence-corrected chi connectivity index (χ1v) is 9.20. The Bertz CT molecular complexity index is 959. The van der Waals surface area contributed by atoms with Crippen LogP contribution in [0.5, 0.6) is 5.75 Å². The molecule has 0 bridgehead atoms. The lowest BCUT2D eigenvalue weighted by molar-refractivity contribution is -0.274. The summed E-state index contributed by atoms with van der Waals surface area (Å²) in [5.74, 6) is -0.304. The maximum absolute atomic E-state index is 14.4. The van der Waals surface area contributed by atoms with Gasteiger partial charge in [0, 0.05) is 19.0 Å². The normalized spacial score (nSPS) is 14.3. The molecule has 144 valence electrons. The first-order chi connectivity index (χ1) is 12.7. The third kappa shape index (κ3) is 4.80. The summed E-state index contributed by atoms with van der Waals surface area (Å²) in [4.78, 5) is 0. The van der Waals surface area contributed by atoms with E-state index in [1.165, 1.54) is 34.9 Å². The van der Waals surface area contributed by atoms with Gasteiger partial charge < -0.3 is 4.74 Å². The molecular formula is C16H14F4N4O2S. The van der Waals surface area contributed by atoms with E-state index in [4.69, 9.17) is 0 Å². The molecule has 0 amide bonds. The highest BCUT2D eigenvalue weighted by Crippen LogP contribution is 2.27. The monoisotopic (exact) mass is 402 g/mol. The van der Waals surface area contributed by atoms with Crippen LogP contribution in [0.15, 0.2) is 42.6 Å². The fourth-order valence-electron chi connectivity index (χ4n) is 2.42. The third-order valence-electron chi connectivity index (χ3n) is 3.60. The van der Waals surface area contributed by atoms with Crippen LogP contribution in [-0.4, -0.2) is 38.0 Å². The molecule has 0 spiro atoms. The van der Waals surface area contributed by atoms with Gasteiger partial charge in [0.15, 0.2) is 17.6 Å². The molecule has 6 nitrogen and oxygen atoms in total. The number of nitrogens with zero attached hydrogens (tertiary/aromatic N) is 3.